The number of sulfonamides is 1. The van der Waals surface area contributed by atoms with E-state index in [1.807, 2.05) is 6.92 Å². The monoisotopic (exact) mass is 428 g/mol. The maximum absolute atomic E-state index is 13.1. The number of methoxy groups -OCH3 is 2. The highest BCUT2D eigenvalue weighted by Gasteiger charge is 2.40. The van der Waals surface area contributed by atoms with Crippen LogP contribution in [0.5, 0.6) is 11.5 Å². The number of hydrogen-bond acceptors (Lipinski definition) is 6. The topological polar surface area (TPSA) is 122 Å². The second-order valence-electron chi connectivity index (χ2n) is 6.83. The molecule has 1 aliphatic heterocycles. The third kappa shape index (κ3) is 5.18. The van der Waals surface area contributed by atoms with E-state index in [2.05, 4.69) is 5.32 Å². The highest BCUT2D eigenvalue weighted by molar-refractivity contribution is 7.89. The molecule has 2 atom stereocenters. The Hall–Kier alpha value is -2.33. The summed E-state index contributed by atoms with van der Waals surface area (Å²) in [5.41, 5.74) is 0. The van der Waals surface area contributed by atoms with Crippen LogP contribution >= 0.6 is 0 Å². The van der Waals surface area contributed by atoms with E-state index in [9.17, 15) is 23.1 Å². The van der Waals surface area contributed by atoms with Crippen LogP contribution in [-0.2, 0) is 19.6 Å². The molecule has 0 saturated carbocycles. The summed E-state index contributed by atoms with van der Waals surface area (Å²) in [5.74, 6) is -1.06. The molecule has 1 aromatic carbocycles. The van der Waals surface area contributed by atoms with Crippen LogP contribution in [0.25, 0.3) is 0 Å². The summed E-state index contributed by atoms with van der Waals surface area (Å²) in [6.45, 7) is 2.11. The Morgan fingerprint density at radius 2 is 1.97 bits per heavy atom. The molecule has 0 aliphatic carbocycles. The molecule has 0 bridgehead atoms. The van der Waals surface area contributed by atoms with Crippen molar-refractivity contribution in [3.63, 3.8) is 0 Å². The molecule has 1 heterocycles. The summed E-state index contributed by atoms with van der Waals surface area (Å²) in [6, 6.07) is 2.25. The fourth-order valence-electron chi connectivity index (χ4n) is 3.34. The van der Waals surface area contributed by atoms with Crippen LogP contribution in [-0.4, -0.2) is 62.6 Å². The first-order chi connectivity index (χ1) is 13.8. The smallest absolute Gasteiger partial charge is 0.326 e. The molecule has 29 heavy (non-hydrogen) atoms. The van der Waals surface area contributed by atoms with Gasteiger partial charge in [0.05, 0.1) is 19.1 Å². The summed E-state index contributed by atoms with van der Waals surface area (Å²) in [7, 11) is -1.12. The first-order valence-electron chi connectivity index (χ1n) is 9.53. The van der Waals surface area contributed by atoms with Gasteiger partial charge in [0.1, 0.15) is 12.1 Å². The number of hydrogen-bond donors (Lipinski definition) is 2. The van der Waals surface area contributed by atoms with Gasteiger partial charge in [-0.2, -0.15) is 4.31 Å². The second-order valence-corrected chi connectivity index (χ2v) is 8.72. The van der Waals surface area contributed by atoms with E-state index in [4.69, 9.17) is 9.47 Å². The van der Waals surface area contributed by atoms with Gasteiger partial charge in [-0.1, -0.05) is 19.8 Å². The van der Waals surface area contributed by atoms with Crippen molar-refractivity contribution in [2.75, 3.05) is 20.8 Å². The van der Waals surface area contributed by atoms with Gasteiger partial charge in [0.25, 0.3) is 0 Å². The number of carboxylic acid groups (broad SMARTS) is 1. The normalized spacial score (nSPS) is 18.2. The molecule has 1 fully saturated rings. The minimum atomic E-state index is -3.97. The van der Waals surface area contributed by atoms with Gasteiger partial charge in [-0.25, -0.2) is 13.2 Å². The number of nitrogens with zero attached hydrogens (tertiary/aromatic N) is 1. The van der Waals surface area contributed by atoms with Crippen LogP contribution < -0.4 is 14.8 Å². The van der Waals surface area contributed by atoms with Gasteiger partial charge in [0, 0.05) is 12.6 Å². The molecule has 9 nitrogen and oxygen atoms in total. The molecule has 1 amide bonds. The lowest BCUT2D eigenvalue weighted by molar-refractivity contribution is -0.142. The van der Waals surface area contributed by atoms with Crippen molar-refractivity contribution in [3.05, 3.63) is 18.2 Å². The molecule has 0 aromatic heterocycles. The van der Waals surface area contributed by atoms with Crippen LogP contribution in [0.15, 0.2) is 23.1 Å². The number of aliphatic carboxylic acids is 1. The number of carboxylic acids is 1. The van der Waals surface area contributed by atoms with Crippen molar-refractivity contribution in [3.8, 4) is 11.5 Å². The number of rotatable bonds is 10. The molecular weight excluding hydrogens is 400 g/mol. The lowest BCUT2D eigenvalue weighted by Crippen LogP contribution is -2.50. The van der Waals surface area contributed by atoms with Gasteiger partial charge >= 0.3 is 5.97 Å². The minimum absolute atomic E-state index is 0.0179. The average Bonchev–Trinajstić information content (AvgIpc) is 3.21. The molecule has 1 aliphatic rings. The summed E-state index contributed by atoms with van der Waals surface area (Å²) in [4.78, 5) is 24.1. The third-order valence-electron chi connectivity index (χ3n) is 4.93. The maximum Gasteiger partial charge on any atom is 0.326 e. The van der Waals surface area contributed by atoms with E-state index < -0.39 is 34.0 Å². The predicted octanol–water partition coefficient (Wildman–Crippen LogP) is 1.62. The summed E-state index contributed by atoms with van der Waals surface area (Å²) < 4.78 is 37.7. The Bertz CT molecular complexity index is 841. The number of ether oxygens (including phenoxy) is 2. The van der Waals surface area contributed by atoms with Crippen molar-refractivity contribution in [2.45, 2.75) is 56.0 Å². The number of benzene rings is 1. The van der Waals surface area contributed by atoms with Crippen LogP contribution in [0, 0.1) is 0 Å². The van der Waals surface area contributed by atoms with E-state index in [1.54, 1.807) is 0 Å². The Kier molecular flexibility index (Phi) is 7.86. The van der Waals surface area contributed by atoms with Crippen molar-refractivity contribution >= 4 is 21.9 Å². The minimum Gasteiger partial charge on any atom is -0.493 e. The fraction of sp³-hybridized carbons (Fsp3) is 0.579. The van der Waals surface area contributed by atoms with Crippen LogP contribution in [0.4, 0.5) is 0 Å². The summed E-state index contributed by atoms with van der Waals surface area (Å²) in [6.07, 6.45) is 2.58. The predicted molar refractivity (Wildman–Crippen MR) is 106 cm³/mol. The van der Waals surface area contributed by atoms with Gasteiger partial charge in [0.2, 0.25) is 15.9 Å². The number of nitrogens with one attached hydrogen (secondary N) is 1. The molecule has 2 N–H and O–H groups in total. The molecule has 1 saturated heterocycles. The van der Waals surface area contributed by atoms with Crippen LogP contribution in [0.1, 0.15) is 39.0 Å². The van der Waals surface area contributed by atoms with Crippen LogP contribution in [0.2, 0.25) is 0 Å². The molecule has 162 valence electrons. The lowest BCUT2D eigenvalue weighted by atomic mass is 10.1. The summed E-state index contributed by atoms with van der Waals surface area (Å²) >= 11 is 0. The highest BCUT2D eigenvalue weighted by Crippen LogP contribution is 2.33. The zero-order chi connectivity index (χ0) is 21.6. The molecule has 1 aromatic rings. The van der Waals surface area contributed by atoms with Gasteiger partial charge in [-0.05, 0) is 31.4 Å². The number of carbonyl (C=O) groups excluding carboxylic acids is 1. The standard InChI is InChI=1S/C19H28N2O7S/c1-4-5-7-14(19(23)24)20-18(22)15-8-6-11-21(15)29(25,26)13-9-10-16(27-2)17(12-13)28-3/h9-10,12,14-15H,4-8,11H2,1-3H3,(H,20,22)(H,23,24)/t14-,15-/m0/s1. The molecule has 0 radical (unpaired) electrons. The van der Waals surface area contributed by atoms with Crippen molar-refractivity contribution in [1.29, 1.82) is 0 Å². The second kappa shape index (κ2) is 9.93. The van der Waals surface area contributed by atoms with Crippen molar-refractivity contribution in [2.24, 2.45) is 0 Å². The lowest BCUT2D eigenvalue weighted by Gasteiger charge is -2.25. The molecule has 0 spiro atoms. The first-order valence-corrected chi connectivity index (χ1v) is 11.0. The number of carbonyl (C=O) groups is 2. The zero-order valence-corrected chi connectivity index (χ0v) is 17.7. The zero-order valence-electron chi connectivity index (χ0n) is 16.9. The first kappa shape index (κ1) is 23.0. The van der Waals surface area contributed by atoms with Crippen LogP contribution in [0.3, 0.4) is 0 Å². The van der Waals surface area contributed by atoms with E-state index in [1.165, 1.54) is 32.4 Å². The molecule has 2 rings (SSSR count). The fourth-order valence-corrected chi connectivity index (χ4v) is 5.01. The number of unbranched alkanes of at least 4 members (excludes halogenated alkanes) is 1. The molecular formula is C19H28N2O7S. The van der Waals surface area contributed by atoms with Gasteiger partial charge in [0.15, 0.2) is 11.5 Å². The third-order valence-corrected chi connectivity index (χ3v) is 6.83. The molecule has 0 unspecified atom stereocenters. The Morgan fingerprint density at radius 1 is 1.28 bits per heavy atom. The number of amides is 1. The summed E-state index contributed by atoms with van der Waals surface area (Å²) in [5, 5.41) is 11.8. The SMILES string of the molecule is CCCC[C@H](NC(=O)[C@@H]1CCCN1S(=O)(=O)c1ccc(OC)c(OC)c1)C(=O)O. The Morgan fingerprint density at radius 3 is 2.55 bits per heavy atom. The van der Waals surface area contributed by atoms with Gasteiger partial charge < -0.3 is 19.9 Å². The Labute approximate surface area is 171 Å². The average molecular weight is 429 g/mol. The Balaban J connectivity index is 2.24. The molecule has 10 heteroatoms. The highest BCUT2D eigenvalue weighted by atomic mass is 32.2. The van der Waals surface area contributed by atoms with Gasteiger partial charge in [-0.15, -0.1) is 0 Å². The van der Waals surface area contributed by atoms with Crippen molar-refractivity contribution < 1.29 is 32.6 Å². The van der Waals surface area contributed by atoms with E-state index >= 15 is 0 Å². The van der Waals surface area contributed by atoms with E-state index in [0.717, 1.165) is 10.7 Å². The van der Waals surface area contributed by atoms with E-state index in [-0.39, 0.29) is 17.2 Å². The maximum atomic E-state index is 13.1. The largest absolute Gasteiger partial charge is 0.493 e. The van der Waals surface area contributed by atoms with E-state index in [0.29, 0.717) is 31.4 Å². The van der Waals surface area contributed by atoms with Crippen molar-refractivity contribution in [1.82, 2.24) is 9.62 Å². The quantitative estimate of drug-likeness (QED) is 0.580. The van der Waals surface area contributed by atoms with Gasteiger partial charge in [-0.3, -0.25) is 4.79 Å².